The van der Waals surface area contributed by atoms with Crippen LogP contribution in [0.2, 0.25) is 0 Å². The van der Waals surface area contributed by atoms with Crippen molar-refractivity contribution in [1.82, 2.24) is 15.0 Å². The van der Waals surface area contributed by atoms with Crippen LogP contribution in [0.5, 0.6) is 0 Å². The van der Waals surface area contributed by atoms with E-state index in [4.69, 9.17) is 4.74 Å². The molecule has 0 unspecified atom stereocenters. The minimum absolute atomic E-state index is 0.321. The first-order valence-corrected chi connectivity index (χ1v) is 5.97. The van der Waals surface area contributed by atoms with Crippen molar-refractivity contribution in [1.29, 1.82) is 0 Å². The molecule has 6 heteroatoms. The third kappa shape index (κ3) is 3.45. The number of hydrogen-bond acceptors (Lipinski definition) is 5. The van der Waals surface area contributed by atoms with Crippen molar-refractivity contribution in [3.05, 3.63) is 36.2 Å². The number of nitrogens with one attached hydrogen (secondary N) is 1. The van der Waals surface area contributed by atoms with E-state index in [1.54, 1.807) is 19.3 Å². The van der Waals surface area contributed by atoms with Gasteiger partial charge < -0.3 is 10.1 Å². The molecule has 0 aliphatic heterocycles. The Morgan fingerprint density at radius 2 is 2.11 bits per heavy atom. The van der Waals surface area contributed by atoms with Crippen molar-refractivity contribution in [2.24, 2.45) is 0 Å². The largest absolute Gasteiger partial charge is 0.374 e. The zero-order chi connectivity index (χ0) is 13.7. The van der Waals surface area contributed by atoms with Crippen molar-refractivity contribution in [2.45, 2.75) is 13.5 Å². The van der Waals surface area contributed by atoms with E-state index in [1.165, 1.54) is 6.07 Å². The van der Waals surface area contributed by atoms with Gasteiger partial charge in [0.1, 0.15) is 18.2 Å². The molecule has 0 spiro atoms. The first-order valence-electron chi connectivity index (χ1n) is 5.97. The Hall–Kier alpha value is -2.08. The molecule has 0 atom stereocenters. The molecule has 2 rings (SSSR count). The summed E-state index contributed by atoms with van der Waals surface area (Å²) in [5.74, 6) is 0.811. The highest BCUT2D eigenvalue weighted by atomic mass is 19.1. The highest BCUT2D eigenvalue weighted by molar-refractivity contribution is 5.61. The van der Waals surface area contributed by atoms with Gasteiger partial charge in [-0.3, -0.25) is 4.98 Å². The lowest BCUT2D eigenvalue weighted by Gasteiger charge is -2.08. The van der Waals surface area contributed by atoms with Gasteiger partial charge >= 0.3 is 0 Å². The summed E-state index contributed by atoms with van der Waals surface area (Å²) >= 11 is 0. The highest BCUT2D eigenvalue weighted by Crippen LogP contribution is 2.19. The average molecular weight is 262 g/mol. The van der Waals surface area contributed by atoms with Gasteiger partial charge in [0.25, 0.3) is 0 Å². The van der Waals surface area contributed by atoms with Gasteiger partial charge in [0.2, 0.25) is 0 Å². The Balaban J connectivity index is 2.38. The molecule has 5 nitrogen and oxygen atoms in total. The van der Waals surface area contributed by atoms with Gasteiger partial charge in [-0.15, -0.1) is 0 Å². The smallest absolute Gasteiger partial charge is 0.157 e. The number of nitrogens with zero attached hydrogens (tertiary/aromatic N) is 3. The Bertz CT molecular complexity index is 562. The van der Waals surface area contributed by atoms with E-state index in [2.05, 4.69) is 20.3 Å². The van der Waals surface area contributed by atoms with E-state index in [0.29, 0.717) is 36.1 Å². The Morgan fingerprint density at radius 3 is 2.79 bits per heavy atom. The molecule has 2 aromatic rings. The second-order valence-electron chi connectivity index (χ2n) is 3.83. The predicted molar refractivity (Wildman–Crippen MR) is 70.1 cm³/mol. The summed E-state index contributed by atoms with van der Waals surface area (Å²) < 4.78 is 18.5. The fourth-order valence-electron chi connectivity index (χ4n) is 1.58. The number of rotatable bonds is 5. The van der Waals surface area contributed by atoms with Crippen molar-refractivity contribution in [2.75, 3.05) is 19.0 Å². The molecular weight excluding hydrogens is 247 g/mol. The molecule has 2 aromatic heterocycles. The van der Waals surface area contributed by atoms with Crippen LogP contribution in [-0.2, 0) is 11.3 Å². The van der Waals surface area contributed by atoms with Crippen LogP contribution >= 0.6 is 0 Å². The first kappa shape index (κ1) is 13.4. The lowest BCUT2D eigenvalue weighted by atomic mass is 10.2. The number of halogens is 1. The Kier molecular flexibility index (Phi) is 4.35. The van der Waals surface area contributed by atoms with Crippen molar-refractivity contribution in [3.63, 3.8) is 0 Å². The van der Waals surface area contributed by atoms with Gasteiger partial charge in [0.05, 0.1) is 11.9 Å². The number of hydrogen-bond donors (Lipinski definition) is 1. The van der Waals surface area contributed by atoms with E-state index in [0.717, 1.165) is 6.20 Å². The Morgan fingerprint density at radius 1 is 1.26 bits per heavy atom. The maximum absolute atomic E-state index is 13.2. The average Bonchev–Trinajstić information content (AvgIpc) is 2.44. The van der Waals surface area contributed by atoms with Gasteiger partial charge in [-0.05, 0) is 13.0 Å². The van der Waals surface area contributed by atoms with Crippen LogP contribution in [0.1, 0.15) is 12.7 Å². The second kappa shape index (κ2) is 6.19. The molecule has 100 valence electrons. The number of aromatic nitrogens is 3. The fourth-order valence-corrected chi connectivity index (χ4v) is 1.58. The number of anilines is 1. The maximum Gasteiger partial charge on any atom is 0.157 e. The standard InChI is InChI=1S/C13H15FN4O/c1-3-19-8-13-17-11(5-12(15-2)18-13)9-4-10(14)7-16-6-9/h4-7H,3,8H2,1-2H3,(H,15,17,18). The summed E-state index contributed by atoms with van der Waals surface area (Å²) in [5.41, 5.74) is 1.22. The maximum atomic E-state index is 13.2. The first-order chi connectivity index (χ1) is 9.22. The van der Waals surface area contributed by atoms with Crippen LogP contribution in [0.15, 0.2) is 24.5 Å². The normalized spacial score (nSPS) is 10.5. The lowest BCUT2D eigenvalue weighted by molar-refractivity contribution is 0.128. The molecule has 0 bridgehead atoms. The minimum atomic E-state index is -0.395. The molecule has 0 fully saturated rings. The van der Waals surface area contributed by atoms with E-state index >= 15 is 0 Å². The number of ether oxygens (including phenoxy) is 1. The zero-order valence-corrected chi connectivity index (χ0v) is 10.9. The predicted octanol–water partition coefficient (Wildman–Crippen LogP) is 2.26. The zero-order valence-electron chi connectivity index (χ0n) is 10.9. The molecule has 2 heterocycles. The summed E-state index contributed by atoms with van der Waals surface area (Å²) in [4.78, 5) is 12.4. The topological polar surface area (TPSA) is 59.9 Å². The quantitative estimate of drug-likeness (QED) is 0.895. The van der Waals surface area contributed by atoms with Gasteiger partial charge in [-0.1, -0.05) is 0 Å². The van der Waals surface area contributed by atoms with Gasteiger partial charge in [-0.2, -0.15) is 0 Å². The van der Waals surface area contributed by atoms with Gasteiger partial charge in [-0.25, -0.2) is 14.4 Å². The van der Waals surface area contributed by atoms with E-state index < -0.39 is 5.82 Å². The third-order valence-corrected chi connectivity index (χ3v) is 2.46. The van der Waals surface area contributed by atoms with Crippen molar-refractivity contribution in [3.8, 4) is 11.3 Å². The van der Waals surface area contributed by atoms with Crippen LogP contribution in [0.4, 0.5) is 10.2 Å². The van der Waals surface area contributed by atoms with Crippen molar-refractivity contribution >= 4 is 5.82 Å². The van der Waals surface area contributed by atoms with Crippen LogP contribution < -0.4 is 5.32 Å². The molecule has 0 saturated carbocycles. The van der Waals surface area contributed by atoms with Gasteiger partial charge in [0.15, 0.2) is 5.82 Å². The number of pyridine rings is 1. The van der Waals surface area contributed by atoms with Crippen LogP contribution in [-0.4, -0.2) is 28.6 Å². The van der Waals surface area contributed by atoms with E-state index in [-0.39, 0.29) is 0 Å². The molecular formula is C13H15FN4O. The van der Waals surface area contributed by atoms with Crippen LogP contribution in [0.3, 0.4) is 0 Å². The summed E-state index contributed by atoms with van der Waals surface area (Å²) in [7, 11) is 1.76. The summed E-state index contributed by atoms with van der Waals surface area (Å²) in [5, 5.41) is 2.95. The fraction of sp³-hybridized carbons (Fsp3) is 0.308. The molecule has 0 aromatic carbocycles. The minimum Gasteiger partial charge on any atom is -0.374 e. The molecule has 0 radical (unpaired) electrons. The summed E-state index contributed by atoms with van der Waals surface area (Å²) in [6.07, 6.45) is 2.72. The van der Waals surface area contributed by atoms with Crippen LogP contribution in [0.25, 0.3) is 11.3 Å². The molecule has 0 aliphatic rings. The highest BCUT2D eigenvalue weighted by Gasteiger charge is 2.07. The SMILES string of the molecule is CCOCc1nc(NC)cc(-c2cncc(F)c2)n1. The Labute approximate surface area is 110 Å². The van der Waals surface area contributed by atoms with Crippen molar-refractivity contribution < 1.29 is 9.13 Å². The monoisotopic (exact) mass is 262 g/mol. The summed E-state index contributed by atoms with van der Waals surface area (Å²) in [6.45, 7) is 2.81. The molecule has 0 saturated heterocycles. The van der Waals surface area contributed by atoms with Gasteiger partial charge in [0, 0.05) is 31.5 Å². The molecule has 0 aliphatic carbocycles. The van der Waals surface area contributed by atoms with E-state index in [1.807, 2.05) is 6.92 Å². The van der Waals surface area contributed by atoms with E-state index in [9.17, 15) is 4.39 Å². The molecule has 0 amide bonds. The third-order valence-electron chi connectivity index (χ3n) is 2.46. The molecule has 1 N–H and O–H groups in total. The lowest BCUT2D eigenvalue weighted by Crippen LogP contribution is -2.04. The molecule has 19 heavy (non-hydrogen) atoms. The second-order valence-corrected chi connectivity index (χ2v) is 3.83. The van der Waals surface area contributed by atoms with Crippen LogP contribution in [0, 0.1) is 5.82 Å². The summed E-state index contributed by atoms with van der Waals surface area (Å²) in [6, 6.07) is 3.13.